The van der Waals surface area contributed by atoms with Crippen LogP contribution < -0.4 is 5.32 Å². The Labute approximate surface area is 132 Å². The van der Waals surface area contributed by atoms with Gasteiger partial charge in [-0.3, -0.25) is 0 Å². The van der Waals surface area contributed by atoms with Crippen LogP contribution >= 0.6 is 12.4 Å². The van der Waals surface area contributed by atoms with Gasteiger partial charge in [0.1, 0.15) is 0 Å². The molecular weight excluding hydrogens is 310 g/mol. The van der Waals surface area contributed by atoms with E-state index in [1.54, 1.807) is 8.61 Å². The fraction of sp³-hybridized carbons (Fsp3) is 0.571. The highest BCUT2D eigenvalue weighted by atomic mass is 35.5. The first-order chi connectivity index (χ1) is 9.57. The summed E-state index contributed by atoms with van der Waals surface area (Å²) in [4.78, 5) is 0. The quantitative estimate of drug-likeness (QED) is 0.880. The fourth-order valence-electron chi connectivity index (χ4n) is 2.94. The molecule has 1 atom stereocenters. The maximum absolute atomic E-state index is 12.7. The van der Waals surface area contributed by atoms with Crippen LogP contribution in [0.15, 0.2) is 24.3 Å². The molecule has 3 rings (SSSR count). The van der Waals surface area contributed by atoms with Crippen LogP contribution in [0.1, 0.15) is 18.1 Å². The van der Waals surface area contributed by atoms with E-state index in [0.717, 1.165) is 18.5 Å². The molecule has 7 heteroatoms. The Hall–Kier alpha value is -0.660. The minimum absolute atomic E-state index is 0. The lowest BCUT2D eigenvalue weighted by Gasteiger charge is -2.36. The van der Waals surface area contributed by atoms with E-state index in [4.69, 9.17) is 0 Å². The van der Waals surface area contributed by atoms with Crippen molar-refractivity contribution in [2.45, 2.75) is 25.9 Å². The lowest BCUT2D eigenvalue weighted by molar-refractivity contribution is 0.274. The van der Waals surface area contributed by atoms with Gasteiger partial charge in [0.05, 0.1) is 0 Å². The first-order valence-electron chi connectivity index (χ1n) is 7.13. The number of piperazine rings is 1. The average Bonchev–Trinajstić information content (AvgIpc) is 2.46. The van der Waals surface area contributed by atoms with Crippen molar-refractivity contribution in [3.05, 3.63) is 35.4 Å². The second kappa shape index (κ2) is 6.62. The monoisotopic (exact) mass is 331 g/mol. The summed E-state index contributed by atoms with van der Waals surface area (Å²) in [5.41, 5.74) is 2.40. The molecule has 1 aromatic carbocycles. The average molecular weight is 332 g/mol. The second-order valence-electron chi connectivity index (χ2n) is 5.57. The molecule has 2 aliphatic heterocycles. The van der Waals surface area contributed by atoms with E-state index in [-0.39, 0.29) is 18.4 Å². The summed E-state index contributed by atoms with van der Waals surface area (Å²) in [6.45, 7) is 4.94. The molecule has 118 valence electrons. The molecular formula is C14H22ClN3O2S. The zero-order valence-corrected chi connectivity index (χ0v) is 13.8. The minimum Gasteiger partial charge on any atom is -0.312 e. The fourth-order valence-corrected chi connectivity index (χ4v) is 4.62. The number of halogens is 1. The van der Waals surface area contributed by atoms with Crippen LogP contribution in [-0.4, -0.2) is 49.2 Å². The number of nitrogens with one attached hydrogen (secondary N) is 1. The SMILES string of the molecule is CC1CN(S(=O)(=O)N2CCc3ccccc3C2)CCN1.Cl. The second-order valence-corrected chi connectivity index (χ2v) is 7.50. The van der Waals surface area contributed by atoms with Crippen LogP contribution in [0.25, 0.3) is 0 Å². The predicted octanol–water partition coefficient (Wildman–Crippen LogP) is 1.00. The van der Waals surface area contributed by atoms with Gasteiger partial charge in [-0.15, -0.1) is 12.4 Å². The third kappa shape index (κ3) is 3.40. The summed E-state index contributed by atoms with van der Waals surface area (Å²) in [6.07, 6.45) is 0.803. The smallest absolute Gasteiger partial charge is 0.282 e. The van der Waals surface area contributed by atoms with Crippen molar-refractivity contribution in [3.8, 4) is 0 Å². The van der Waals surface area contributed by atoms with Gasteiger partial charge in [0.25, 0.3) is 10.2 Å². The third-order valence-electron chi connectivity index (χ3n) is 4.08. The van der Waals surface area contributed by atoms with Crippen molar-refractivity contribution >= 4 is 22.6 Å². The third-order valence-corrected chi connectivity index (χ3v) is 6.03. The van der Waals surface area contributed by atoms with E-state index < -0.39 is 10.2 Å². The topological polar surface area (TPSA) is 52.7 Å². The maximum atomic E-state index is 12.7. The Morgan fingerprint density at radius 3 is 2.57 bits per heavy atom. The molecule has 1 unspecified atom stereocenters. The van der Waals surface area contributed by atoms with Crippen molar-refractivity contribution < 1.29 is 8.42 Å². The number of nitrogens with zero attached hydrogens (tertiary/aromatic N) is 2. The summed E-state index contributed by atoms with van der Waals surface area (Å²) in [6, 6.07) is 8.32. The highest BCUT2D eigenvalue weighted by Gasteiger charge is 2.34. The number of rotatable bonds is 2. The van der Waals surface area contributed by atoms with E-state index in [1.165, 1.54) is 5.56 Å². The van der Waals surface area contributed by atoms with Gasteiger partial charge in [0.15, 0.2) is 0 Å². The van der Waals surface area contributed by atoms with Crippen LogP contribution in [0, 0.1) is 0 Å². The van der Waals surface area contributed by atoms with Gasteiger partial charge in [0.2, 0.25) is 0 Å². The summed E-state index contributed by atoms with van der Waals surface area (Å²) in [5, 5.41) is 3.28. The van der Waals surface area contributed by atoms with Gasteiger partial charge >= 0.3 is 0 Å². The Bertz CT molecular complexity index is 594. The molecule has 21 heavy (non-hydrogen) atoms. The summed E-state index contributed by atoms with van der Waals surface area (Å²) in [5.74, 6) is 0. The highest BCUT2D eigenvalue weighted by molar-refractivity contribution is 7.86. The van der Waals surface area contributed by atoms with Gasteiger partial charge in [-0.2, -0.15) is 17.0 Å². The van der Waals surface area contributed by atoms with E-state index in [9.17, 15) is 8.42 Å². The Morgan fingerprint density at radius 1 is 1.14 bits per heavy atom. The van der Waals surface area contributed by atoms with Crippen LogP contribution in [0.4, 0.5) is 0 Å². The number of hydrogen-bond acceptors (Lipinski definition) is 3. The predicted molar refractivity (Wildman–Crippen MR) is 85.8 cm³/mol. The molecule has 0 saturated carbocycles. The zero-order chi connectivity index (χ0) is 14.2. The summed E-state index contributed by atoms with van der Waals surface area (Å²) < 4.78 is 28.7. The van der Waals surface area contributed by atoms with Gasteiger partial charge in [-0.1, -0.05) is 24.3 Å². The highest BCUT2D eigenvalue weighted by Crippen LogP contribution is 2.23. The molecule has 1 saturated heterocycles. The van der Waals surface area contributed by atoms with Crippen molar-refractivity contribution in [2.24, 2.45) is 0 Å². The van der Waals surface area contributed by atoms with Crippen molar-refractivity contribution in [2.75, 3.05) is 26.2 Å². The van der Waals surface area contributed by atoms with Crippen molar-refractivity contribution in [1.29, 1.82) is 0 Å². The molecule has 2 heterocycles. The largest absolute Gasteiger partial charge is 0.312 e. The standard InChI is InChI=1S/C14H21N3O2S.ClH/c1-12-10-17(9-7-15-12)20(18,19)16-8-6-13-4-2-3-5-14(13)11-16;/h2-5,12,15H,6-11H2,1H3;1H. The van der Waals surface area contributed by atoms with Crippen molar-refractivity contribution in [1.82, 2.24) is 13.9 Å². The molecule has 0 amide bonds. The maximum Gasteiger partial charge on any atom is 0.282 e. The van der Waals surface area contributed by atoms with E-state index >= 15 is 0 Å². The van der Waals surface area contributed by atoms with Crippen LogP contribution in [0.5, 0.6) is 0 Å². The van der Waals surface area contributed by atoms with Crippen LogP contribution in [0.2, 0.25) is 0 Å². The molecule has 1 aromatic rings. The summed E-state index contributed by atoms with van der Waals surface area (Å²) >= 11 is 0. The zero-order valence-electron chi connectivity index (χ0n) is 12.2. The Balaban J connectivity index is 0.00000161. The van der Waals surface area contributed by atoms with Gasteiger partial charge in [-0.05, 0) is 24.5 Å². The first kappa shape index (κ1) is 16.7. The number of hydrogen-bond donors (Lipinski definition) is 1. The molecule has 0 aliphatic carbocycles. The molecule has 0 spiro atoms. The number of benzene rings is 1. The molecule has 5 nitrogen and oxygen atoms in total. The minimum atomic E-state index is -3.33. The Morgan fingerprint density at radius 2 is 1.86 bits per heavy atom. The molecule has 0 aromatic heterocycles. The van der Waals surface area contributed by atoms with Gasteiger partial charge in [-0.25, -0.2) is 0 Å². The normalized spacial score (nSPS) is 24.1. The van der Waals surface area contributed by atoms with Gasteiger partial charge < -0.3 is 5.32 Å². The van der Waals surface area contributed by atoms with Crippen LogP contribution in [-0.2, 0) is 23.2 Å². The van der Waals surface area contributed by atoms with E-state index in [1.807, 2.05) is 25.1 Å². The molecule has 0 bridgehead atoms. The Kier molecular flexibility index (Phi) is 5.27. The lowest BCUT2D eigenvalue weighted by atomic mass is 10.0. The lowest BCUT2D eigenvalue weighted by Crippen LogP contribution is -2.55. The molecule has 1 N–H and O–H groups in total. The van der Waals surface area contributed by atoms with Gasteiger partial charge in [0, 0.05) is 38.8 Å². The van der Waals surface area contributed by atoms with E-state index in [2.05, 4.69) is 11.4 Å². The molecule has 0 radical (unpaired) electrons. The summed E-state index contributed by atoms with van der Waals surface area (Å²) in [7, 11) is -3.33. The van der Waals surface area contributed by atoms with Crippen LogP contribution in [0.3, 0.4) is 0 Å². The van der Waals surface area contributed by atoms with Crippen molar-refractivity contribution in [3.63, 3.8) is 0 Å². The van der Waals surface area contributed by atoms with E-state index in [0.29, 0.717) is 26.2 Å². The molecule has 1 fully saturated rings. The number of fused-ring (bicyclic) bond motifs is 1. The molecule has 2 aliphatic rings. The first-order valence-corrected chi connectivity index (χ1v) is 8.52.